The predicted octanol–water partition coefficient (Wildman–Crippen LogP) is 1.55. The summed E-state index contributed by atoms with van der Waals surface area (Å²) in [6, 6.07) is 4.16. The van der Waals surface area contributed by atoms with Gasteiger partial charge in [0.2, 0.25) is 10.0 Å². The molecule has 0 aliphatic carbocycles. The number of nitrogens with one attached hydrogen (secondary N) is 1. The molecule has 0 aliphatic heterocycles. The van der Waals surface area contributed by atoms with Gasteiger partial charge in [0, 0.05) is 31.7 Å². The van der Waals surface area contributed by atoms with Crippen LogP contribution >= 0.6 is 11.6 Å². The van der Waals surface area contributed by atoms with Gasteiger partial charge in [-0.05, 0) is 12.1 Å². The van der Waals surface area contributed by atoms with Crippen molar-refractivity contribution in [2.24, 2.45) is 0 Å². The highest BCUT2D eigenvalue weighted by molar-refractivity contribution is 7.89. The molecule has 1 aromatic carbocycles. The molecule has 0 amide bonds. The zero-order valence-electron chi connectivity index (χ0n) is 10.5. The number of hydrogen-bond donors (Lipinski definition) is 1. The Morgan fingerprint density at radius 1 is 1.42 bits per heavy atom. The van der Waals surface area contributed by atoms with E-state index in [2.05, 4.69) is 5.32 Å². The molecule has 9 heteroatoms. The topological polar surface area (TPSA) is 92.6 Å². The van der Waals surface area contributed by atoms with Crippen LogP contribution in [0.1, 0.15) is 0 Å². The fraction of sp³-hybridized carbons (Fsp3) is 0.400. The zero-order chi connectivity index (χ0) is 14.6. The third-order valence-corrected chi connectivity index (χ3v) is 4.46. The summed E-state index contributed by atoms with van der Waals surface area (Å²) in [5.41, 5.74) is 0.0538. The fourth-order valence-electron chi connectivity index (χ4n) is 1.30. The number of anilines is 1. The van der Waals surface area contributed by atoms with Crippen LogP contribution in [0.4, 0.5) is 11.4 Å². The van der Waals surface area contributed by atoms with E-state index >= 15 is 0 Å². The van der Waals surface area contributed by atoms with Gasteiger partial charge in [-0.2, -0.15) is 0 Å². The van der Waals surface area contributed by atoms with Crippen LogP contribution in [0.2, 0.25) is 5.02 Å². The number of nitro benzene ring substituents is 1. The molecule has 0 fully saturated rings. The maximum atomic E-state index is 11.5. The molecule has 0 spiro atoms. The number of nitrogens with zero attached hydrogens (tertiary/aromatic N) is 2. The first-order chi connectivity index (χ1) is 8.74. The highest BCUT2D eigenvalue weighted by Crippen LogP contribution is 2.27. The van der Waals surface area contributed by atoms with E-state index in [1.54, 1.807) is 0 Å². The monoisotopic (exact) mass is 307 g/mol. The van der Waals surface area contributed by atoms with Gasteiger partial charge < -0.3 is 5.32 Å². The van der Waals surface area contributed by atoms with E-state index in [0.29, 0.717) is 0 Å². The molecule has 1 rings (SSSR count). The van der Waals surface area contributed by atoms with Gasteiger partial charge in [-0.1, -0.05) is 11.6 Å². The molecule has 0 saturated carbocycles. The Bertz CT molecular complexity index is 574. The van der Waals surface area contributed by atoms with Crippen LogP contribution in [-0.2, 0) is 10.0 Å². The lowest BCUT2D eigenvalue weighted by Crippen LogP contribution is -2.28. The molecule has 0 heterocycles. The van der Waals surface area contributed by atoms with Crippen LogP contribution in [0.5, 0.6) is 0 Å². The SMILES string of the molecule is CN(C)S(=O)(=O)CCNc1ccc(Cl)cc1[N+](=O)[O-]. The average Bonchev–Trinajstić information content (AvgIpc) is 2.30. The van der Waals surface area contributed by atoms with E-state index < -0.39 is 14.9 Å². The van der Waals surface area contributed by atoms with Gasteiger partial charge >= 0.3 is 0 Å². The Morgan fingerprint density at radius 3 is 2.58 bits per heavy atom. The summed E-state index contributed by atoms with van der Waals surface area (Å²) >= 11 is 5.67. The van der Waals surface area contributed by atoms with Gasteiger partial charge in [-0.25, -0.2) is 12.7 Å². The van der Waals surface area contributed by atoms with Crippen molar-refractivity contribution < 1.29 is 13.3 Å². The maximum absolute atomic E-state index is 11.5. The first kappa shape index (κ1) is 15.7. The van der Waals surface area contributed by atoms with E-state index in [-0.39, 0.29) is 28.7 Å². The number of nitro groups is 1. The number of hydrogen-bond acceptors (Lipinski definition) is 5. The van der Waals surface area contributed by atoms with Crippen LogP contribution in [0, 0.1) is 10.1 Å². The van der Waals surface area contributed by atoms with Gasteiger partial charge in [0.25, 0.3) is 5.69 Å². The molecule has 19 heavy (non-hydrogen) atoms. The summed E-state index contributed by atoms with van der Waals surface area (Å²) in [5, 5.41) is 13.8. The molecule has 0 radical (unpaired) electrons. The van der Waals surface area contributed by atoms with Gasteiger partial charge in [0.15, 0.2) is 0 Å². The second kappa shape index (κ2) is 6.18. The smallest absolute Gasteiger partial charge is 0.293 e. The number of sulfonamides is 1. The lowest BCUT2D eigenvalue weighted by atomic mass is 10.2. The lowest BCUT2D eigenvalue weighted by molar-refractivity contribution is -0.383. The minimum atomic E-state index is -3.33. The van der Waals surface area contributed by atoms with Crippen molar-refractivity contribution in [1.29, 1.82) is 0 Å². The molecule has 1 aromatic rings. The van der Waals surface area contributed by atoms with Gasteiger partial charge in [-0.3, -0.25) is 10.1 Å². The Kier molecular flexibility index (Phi) is 5.10. The van der Waals surface area contributed by atoms with E-state index in [1.807, 2.05) is 0 Å². The molecule has 0 atom stereocenters. The Balaban J connectivity index is 2.77. The van der Waals surface area contributed by atoms with Crippen molar-refractivity contribution in [2.75, 3.05) is 31.7 Å². The summed E-state index contributed by atoms with van der Waals surface area (Å²) in [6.45, 7) is 0.0724. The number of rotatable bonds is 6. The molecule has 7 nitrogen and oxygen atoms in total. The summed E-state index contributed by atoms with van der Waals surface area (Å²) < 4.78 is 24.2. The Hall–Kier alpha value is -1.38. The van der Waals surface area contributed by atoms with Crippen molar-refractivity contribution >= 4 is 33.0 Å². The van der Waals surface area contributed by atoms with Crippen LogP contribution in [0.25, 0.3) is 0 Å². The Morgan fingerprint density at radius 2 is 2.05 bits per heavy atom. The van der Waals surface area contributed by atoms with Gasteiger partial charge in [0.1, 0.15) is 5.69 Å². The van der Waals surface area contributed by atoms with Crippen molar-refractivity contribution in [1.82, 2.24) is 4.31 Å². The van der Waals surface area contributed by atoms with Crippen LogP contribution < -0.4 is 5.32 Å². The average molecular weight is 308 g/mol. The molecule has 0 unspecified atom stereocenters. The third kappa shape index (κ3) is 4.34. The third-order valence-electron chi connectivity index (χ3n) is 2.39. The summed E-state index contributed by atoms with van der Waals surface area (Å²) in [6.07, 6.45) is 0. The summed E-state index contributed by atoms with van der Waals surface area (Å²) in [7, 11) is -0.473. The van der Waals surface area contributed by atoms with Crippen molar-refractivity contribution in [3.8, 4) is 0 Å². The van der Waals surface area contributed by atoms with E-state index in [9.17, 15) is 18.5 Å². The standard InChI is InChI=1S/C10H14ClN3O4S/c1-13(2)19(17,18)6-5-12-9-4-3-8(11)7-10(9)14(15)16/h3-4,7,12H,5-6H2,1-2H3. The maximum Gasteiger partial charge on any atom is 0.293 e. The van der Waals surface area contributed by atoms with Crippen molar-refractivity contribution in [2.45, 2.75) is 0 Å². The van der Waals surface area contributed by atoms with E-state index in [0.717, 1.165) is 4.31 Å². The summed E-state index contributed by atoms with van der Waals surface area (Å²) in [4.78, 5) is 10.2. The molecular formula is C10H14ClN3O4S. The minimum Gasteiger partial charge on any atom is -0.378 e. The summed E-state index contributed by atoms with van der Waals surface area (Å²) in [5.74, 6) is -0.153. The van der Waals surface area contributed by atoms with E-state index in [4.69, 9.17) is 11.6 Å². The first-order valence-corrected chi connectivity index (χ1v) is 7.31. The second-order valence-electron chi connectivity index (χ2n) is 3.94. The molecule has 0 aromatic heterocycles. The second-order valence-corrected chi connectivity index (χ2v) is 6.68. The normalized spacial score (nSPS) is 11.6. The minimum absolute atomic E-state index is 0.0724. The number of halogens is 1. The largest absolute Gasteiger partial charge is 0.378 e. The lowest BCUT2D eigenvalue weighted by Gasteiger charge is -2.12. The van der Waals surface area contributed by atoms with Gasteiger partial charge in [0.05, 0.1) is 10.7 Å². The highest BCUT2D eigenvalue weighted by Gasteiger charge is 2.16. The highest BCUT2D eigenvalue weighted by atomic mass is 35.5. The van der Waals surface area contributed by atoms with Crippen LogP contribution in [0.15, 0.2) is 18.2 Å². The van der Waals surface area contributed by atoms with Crippen LogP contribution in [-0.4, -0.2) is 44.0 Å². The quantitative estimate of drug-likeness (QED) is 0.636. The first-order valence-electron chi connectivity index (χ1n) is 5.32. The Labute approximate surface area is 116 Å². The van der Waals surface area contributed by atoms with Crippen LogP contribution in [0.3, 0.4) is 0 Å². The van der Waals surface area contributed by atoms with E-state index in [1.165, 1.54) is 32.3 Å². The van der Waals surface area contributed by atoms with Crippen molar-refractivity contribution in [3.05, 3.63) is 33.3 Å². The fourth-order valence-corrected chi connectivity index (χ4v) is 2.19. The molecule has 0 saturated heterocycles. The molecular weight excluding hydrogens is 294 g/mol. The molecule has 0 bridgehead atoms. The van der Waals surface area contributed by atoms with Gasteiger partial charge in [-0.15, -0.1) is 0 Å². The molecule has 0 aliphatic rings. The number of benzene rings is 1. The molecule has 1 N–H and O–H groups in total. The predicted molar refractivity (Wildman–Crippen MR) is 74.1 cm³/mol. The van der Waals surface area contributed by atoms with Crippen molar-refractivity contribution in [3.63, 3.8) is 0 Å². The zero-order valence-corrected chi connectivity index (χ0v) is 12.0. The molecule has 106 valence electrons.